The van der Waals surface area contributed by atoms with Gasteiger partial charge in [-0.2, -0.15) is 0 Å². The average molecular weight is 714 g/mol. The van der Waals surface area contributed by atoms with E-state index < -0.39 is 27.4 Å². The molecule has 0 spiro atoms. The molecule has 1 aliphatic rings. The number of thioether (sulfide) groups is 1. The van der Waals surface area contributed by atoms with Gasteiger partial charge >= 0.3 is 6.09 Å². The van der Waals surface area contributed by atoms with Gasteiger partial charge in [-0.1, -0.05) is 103 Å². The van der Waals surface area contributed by atoms with Gasteiger partial charge in [0, 0.05) is 52.7 Å². The van der Waals surface area contributed by atoms with Gasteiger partial charge in [-0.25, -0.2) is 4.79 Å². The molecule has 9 nitrogen and oxygen atoms in total. The average Bonchev–Trinajstić information content (AvgIpc) is 3.42. The molecule has 10 heteroatoms. The number of ketones is 1. The molecule has 0 aromatic heterocycles. The molecule has 0 heterocycles. The van der Waals surface area contributed by atoms with Crippen LogP contribution in [-0.2, 0) is 14.3 Å². The Morgan fingerprint density at radius 2 is 1.35 bits per heavy atom. The smallest absolute Gasteiger partial charge is 0.407 e. The van der Waals surface area contributed by atoms with E-state index in [0.717, 1.165) is 16.7 Å². The van der Waals surface area contributed by atoms with Crippen LogP contribution in [0.15, 0.2) is 127 Å². The van der Waals surface area contributed by atoms with Crippen LogP contribution < -0.4 is 10.6 Å². The summed E-state index contributed by atoms with van der Waals surface area (Å²) in [4.78, 5) is 50.8. The number of carbonyl (C=O) groups excluding carboxylic acids is 3. The number of anilines is 1. The highest BCUT2D eigenvalue weighted by Crippen LogP contribution is 2.49. The standard InChI is InChI=1S/C42H39N3O6S/c1-41(2,3)51-40(48)43-31(27-52-42(28-14-7-4-8-15-28,29-16-9-5-10-17-29)30-18-11-6-12-19-30)22-25-37(46)44-36-21-13-20-34-38(36)33-24-23-32(45(49)50)26-35(33)39(34)47/h4-21,23-24,26,31H,22,25,27H2,1-3H3,(H,43,48)(H,44,46)/t31-/m1/s1. The van der Waals surface area contributed by atoms with Gasteiger partial charge in [0.2, 0.25) is 5.91 Å². The summed E-state index contributed by atoms with van der Waals surface area (Å²) in [7, 11) is 0. The van der Waals surface area contributed by atoms with Crippen LogP contribution in [0, 0.1) is 10.1 Å². The van der Waals surface area contributed by atoms with E-state index in [0.29, 0.717) is 34.6 Å². The highest BCUT2D eigenvalue weighted by Gasteiger charge is 2.38. The molecule has 5 aromatic carbocycles. The van der Waals surface area contributed by atoms with Gasteiger partial charge < -0.3 is 15.4 Å². The largest absolute Gasteiger partial charge is 0.444 e. The van der Waals surface area contributed by atoms with E-state index >= 15 is 0 Å². The molecule has 0 radical (unpaired) electrons. The fourth-order valence-corrected chi connectivity index (χ4v) is 8.13. The molecule has 0 saturated heterocycles. The normalized spacial score (nSPS) is 12.7. The first-order valence-electron chi connectivity index (χ1n) is 17.0. The van der Waals surface area contributed by atoms with Gasteiger partial charge in [0.25, 0.3) is 5.69 Å². The summed E-state index contributed by atoms with van der Waals surface area (Å²) in [6.45, 7) is 5.40. The van der Waals surface area contributed by atoms with Crippen LogP contribution >= 0.6 is 11.8 Å². The zero-order chi connectivity index (χ0) is 36.9. The van der Waals surface area contributed by atoms with E-state index in [1.165, 1.54) is 12.1 Å². The number of nitro benzene ring substituents is 1. The molecular formula is C42H39N3O6S. The Balaban J connectivity index is 1.27. The lowest BCUT2D eigenvalue weighted by Crippen LogP contribution is -2.42. The number of nitrogens with zero attached hydrogens (tertiary/aromatic N) is 1. The van der Waals surface area contributed by atoms with E-state index in [1.807, 2.05) is 54.6 Å². The van der Waals surface area contributed by atoms with Crippen molar-refractivity contribution in [1.29, 1.82) is 0 Å². The van der Waals surface area contributed by atoms with Crippen molar-refractivity contribution >= 4 is 40.9 Å². The van der Waals surface area contributed by atoms with Gasteiger partial charge in [-0.05, 0) is 61.6 Å². The number of nitro groups is 1. The monoisotopic (exact) mass is 713 g/mol. The second-order valence-corrected chi connectivity index (χ2v) is 14.8. The first-order chi connectivity index (χ1) is 25.0. The predicted octanol–water partition coefficient (Wildman–Crippen LogP) is 9.14. The Labute approximate surface area is 307 Å². The van der Waals surface area contributed by atoms with Crippen LogP contribution in [0.3, 0.4) is 0 Å². The molecular weight excluding hydrogens is 675 g/mol. The molecule has 0 bridgehead atoms. The van der Waals surface area contributed by atoms with Gasteiger partial charge in [0.1, 0.15) is 5.60 Å². The molecule has 5 aromatic rings. The van der Waals surface area contributed by atoms with Gasteiger partial charge in [-0.15, -0.1) is 11.8 Å². The van der Waals surface area contributed by atoms with Crippen LogP contribution in [0.4, 0.5) is 16.2 Å². The summed E-state index contributed by atoms with van der Waals surface area (Å²) in [6, 6.07) is 39.4. The Hall–Kier alpha value is -5.74. The summed E-state index contributed by atoms with van der Waals surface area (Å²) in [5.74, 6) is -0.202. The number of benzene rings is 5. The summed E-state index contributed by atoms with van der Waals surface area (Å²) in [5.41, 5.74) is 4.41. The number of fused-ring (bicyclic) bond motifs is 3. The number of rotatable bonds is 12. The molecule has 6 rings (SSSR count). The topological polar surface area (TPSA) is 128 Å². The maximum atomic E-state index is 13.6. The third kappa shape index (κ3) is 7.77. The highest BCUT2D eigenvalue weighted by molar-refractivity contribution is 8.00. The summed E-state index contributed by atoms with van der Waals surface area (Å²) in [5, 5.41) is 17.4. The molecule has 0 saturated carbocycles. The molecule has 2 N–H and O–H groups in total. The minimum atomic E-state index is -0.719. The van der Waals surface area contributed by atoms with E-state index in [1.54, 1.807) is 56.8 Å². The molecule has 0 fully saturated rings. The molecule has 2 amide bonds. The van der Waals surface area contributed by atoms with E-state index in [2.05, 4.69) is 47.0 Å². The third-order valence-electron chi connectivity index (χ3n) is 8.79. The van der Waals surface area contributed by atoms with Crippen molar-refractivity contribution in [3.8, 4) is 11.1 Å². The molecule has 1 atom stereocenters. The lowest BCUT2D eigenvalue weighted by Gasteiger charge is -2.36. The van der Waals surface area contributed by atoms with Crippen LogP contribution in [-0.4, -0.2) is 40.1 Å². The second kappa shape index (κ2) is 15.2. The summed E-state index contributed by atoms with van der Waals surface area (Å²) in [6.07, 6.45) is -0.224. The minimum Gasteiger partial charge on any atom is -0.444 e. The highest BCUT2D eigenvalue weighted by atomic mass is 32.2. The van der Waals surface area contributed by atoms with Crippen molar-refractivity contribution in [2.45, 2.75) is 50.0 Å². The fourth-order valence-electron chi connectivity index (χ4n) is 6.52. The van der Waals surface area contributed by atoms with Crippen molar-refractivity contribution in [2.75, 3.05) is 11.1 Å². The molecule has 0 aliphatic heterocycles. The zero-order valence-corrected chi connectivity index (χ0v) is 29.9. The first kappa shape index (κ1) is 36.1. The fraction of sp³-hybridized carbons (Fsp3) is 0.214. The van der Waals surface area contributed by atoms with Gasteiger partial charge in [0.05, 0.1) is 9.67 Å². The Morgan fingerprint density at radius 3 is 1.88 bits per heavy atom. The minimum absolute atomic E-state index is 0.0563. The number of alkyl carbamates (subject to hydrolysis) is 1. The van der Waals surface area contributed by atoms with Gasteiger partial charge in [0.15, 0.2) is 5.78 Å². The number of amides is 2. The Kier molecular flexibility index (Phi) is 10.6. The molecule has 1 aliphatic carbocycles. The second-order valence-electron chi connectivity index (χ2n) is 13.6. The summed E-state index contributed by atoms with van der Waals surface area (Å²) < 4.78 is 5.00. The number of nitrogens with one attached hydrogen (secondary N) is 2. The summed E-state index contributed by atoms with van der Waals surface area (Å²) >= 11 is 1.68. The van der Waals surface area contributed by atoms with Crippen molar-refractivity contribution < 1.29 is 24.0 Å². The van der Waals surface area contributed by atoms with Crippen LogP contribution in [0.25, 0.3) is 11.1 Å². The third-order valence-corrected chi connectivity index (χ3v) is 10.5. The SMILES string of the molecule is CC(C)(C)OC(=O)N[C@H](CCC(=O)Nc1cccc2c1-c1ccc([N+](=O)[O-])cc1C2=O)CSC(c1ccccc1)(c1ccccc1)c1ccccc1. The number of hydrogen-bond acceptors (Lipinski definition) is 7. The van der Waals surface area contributed by atoms with E-state index in [-0.39, 0.29) is 29.4 Å². The van der Waals surface area contributed by atoms with E-state index in [9.17, 15) is 24.5 Å². The lowest BCUT2D eigenvalue weighted by atomic mass is 9.84. The van der Waals surface area contributed by atoms with Crippen molar-refractivity contribution in [3.63, 3.8) is 0 Å². The van der Waals surface area contributed by atoms with Crippen LogP contribution in [0.2, 0.25) is 0 Å². The molecule has 52 heavy (non-hydrogen) atoms. The van der Waals surface area contributed by atoms with Crippen molar-refractivity contribution in [2.24, 2.45) is 0 Å². The number of ether oxygens (including phenoxy) is 1. The van der Waals surface area contributed by atoms with Crippen LogP contribution in [0.5, 0.6) is 0 Å². The number of carbonyl (C=O) groups is 3. The maximum absolute atomic E-state index is 13.6. The maximum Gasteiger partial charge on any atom is 0.407 e. The Bertz CT molecular complexity index is 2000. The Morgan fingerprint density at radius 1 is 0.769 bits per heavy atom. The lowest BCUT2D eigenvalue weighted by molar-refractivity contribution is -0.384. The molecule has 264 valence electrons. The first-order valence-corrected chi connectivity index (χ1v) is 18.0. The van der Waals surface area contributed by atoms with Gasteiger partial charge in [-0.3, -0.25) is 19.7 Å². The number of hydrogen-bond donors (Lipinski definition) is 2. The van der Waals surface area contributed by atoms with Crippen molar-refractivity contribution in [1.82, 2.24) is 5.32 Å². The van der Waals surface area contributed by atoms with E-state index in [4.69, 9.17) is 4.74 Å². The predicted molar refractivity (Wildman–Crippen MR) is 205 cm³/mol. The molecule has 0 unspecified atom stereocenters. The quantitative estimate of drug-likeness (QED) is 0.0736. The van der Waals surface area contributed by atoms with Crippen molar-refractivity contribution in [3.05, 3.63) is 165 Å². The zero-order valence-electron chi connectivity index (χ0n) is 29.1. The van der Waals surface area contributed by atoms with Crippen LogP contribution in [0.1, 0.15) is 66.2 Å². The number of non-ortho nitro benzene ring substituents is 1.